The molecule has 2 aromatic carbocycles. The number of carbonyl (C=O) groups excluding carboxylic acids is 2. The molecule has 1 aromatic heterocycles. The molecule has 0 unspecified atom stereocenters. The van der Waals surface area contributed by atoms with Crippen molar-refractivity contribution in [3.8, 4) is 11.3 Å². The van der Waals surface area contributed by atoms with Crippen molar-refractivity contribution in [1.82, 2.24) is 15.6 Å². The van der Waals surface area contributed by atoms with Gasteiger partial charge in [0.05, 0.1) is 11.2 Å². The molecule has 0 aliphatic rings. The summed E-state index contributed by atoms with van der Waals surface area (Å²) in [4.78, 5) is 31.0. The van der Waals surface area contributed by atoms with Crippen LogP contribution in [0, 0.1) is 0 Å². The van der Waals surface area contributed by atoms with Crippen LogP contribution in [0.25, 0.3) is 22.2 Å². The summed E-state index contributed by atoms with van der Waals surface area (Å²) in [5, 5.41) is 6.82. The van der Waals surface area contributed by atoms with Crippen molar-refractivity contribution in [3.63, 3.8) is 0 Å². The Kier molecular flexibility index (Phi) is 9.20. The first kappa shape index (κ1) is 24.2. The molecule has 1 heterocycles. The number of benzene rings is 2. The summed E-state index contributed by atoms with van der Waals surface area (Å²) in [6, 6.07) is 20.3. The first-order valence-electron chi connectivity index (χ1n) is 11.6. The fraction of sp³-hybridized carbons (Fsp3) is 0.346. The van der Waals surface area contributed by atoms with Crippen molar-refractivity contribution < 1.29 is 9.59 Å². The van der Waals surface area contributed by atoms with Gasteiger partial charge in [-0.3, -0.25) is 9.59 Å². The molecule has 2 amide bonds. The van der Waals surface area contributed by atoms with Crippen LogP contribution in [0.15, 0.2) is 60.7 Å². The van der Waals surface area contributed by atoms with Crippen LogP contribution in [-0.2, 0) is 9.59 Å². The topological polar surface area (TPSA) is 100 Å². The number of nitrogens with one attached hydrogen (secondary N) is 2. The molecule has 7 heteroatoms. The summed E-state index contributed by atoms with van der Waals surface area (Å²) in [6.07, 6.45) is 1.62. The molecule has 0 bridgehead atoms. The second kappa shape index (κ2) is 12.6. The highest BCUT2D eigenvalue weighted by Gasteiger charge is 2.12. The van der Waals surface area contributed by atoms with Gasteiger partial charge < -0.3 is 21.3 Å². The molecule has 3 aromatic rings. The van der Waals surface area contributed by atoms with Crippen molar-refractivity contribution in [2.45, 2.75) is 26.2 Å². The van der Waals surface area contributed by atoms with Crippen LogP contribution in [0.1, 0.15) is 26.2 Å². The molecule has 4 N–H and O–H groups in total. The Morgan fingerprint density at radius 1 is 0.879 bits per heavy atom. The van der Waals surface area contributed by atoms with E-state index in [4.69, 9.17) is 10.7 Å². The van der Waals surface area contributed by atoms with Crippen LogP contribution < -0.4 is 21.3 Å². The Hall–Kier alpha value is -3.45. The number of pyridine rings is 1. The third kappa shape index (κ3) is 7.29. The van der Waals surface area contributed by atoms with E-state index < -0.39 is 0 Å². The number of aromatic nitrogens is 1. The molecule has 3 rings (SSSR count). The average Bonchev–Trinajstić information content (AvgIpc) is 2.86. The molecule has 0 saturated heterocycles. The van der Waals surface area contributed by atoms with Crippen LogP contribution >= 0.6 is 0 Å². The minimum atomic E-state index is -0.0436. The summed E-state index contributed by atoms with van der Waals surface area (Å²) < 4.78 is 0. The molecule has 0 fully saturated rings. The third-order valence-corrected chi connectivity index (χ3v) is 5.38. The Bertz CT molecular complexity index is 1030. The molecule has 7 nitrogen and oxygen atoms in total. The minimum absolute atomic E-state index is 0.0198. The Morgan fingerprint density at radius 2 is 1.55 bits per heavy atom. The molecular weight excluding hydrogens is 414 g/mol. The fourth-order valence-corrected chi connectivity index (χ4v) is 3.57. The molecular formula is C26H33N5O2. The Morgan fingerprint density at radius 3 is 2.21 bits per heavy atom. The van der Waals surface area contributed by atoms with Gasteiger partial charge in [-0.05, 0) is 30.7 Å². The predicted octanol–water partition coefficient (Wildman–Crippen LogP) is 3.09. The van der Waals surface area contributed by atoms with Gasteiger partial charge in [0.1, 0.15) is 0 Å². The quantitative estimate of drug-likeness (QED) is 0.396. The van der Waals surface area contributed by atoms with E-state index in [-0.39, 0.29) is 11.8 Å². The maximum absolute atomic E-state index is 12.1. The van der Waals surface area contributed by atoms with Gasteiger partial charge in [-0.1, -0.05) is 43.3 Å². The SMILES string of the molecule is CCCNC(=O)CCN(CCC(=O)NCCN)c1ccc(-c2ccc3ccccc3n2)cc1. The lowest BCUT2D eigenvalue weighted by Crippen LogP contribution is -2.35. The highest BCUT2D eigenvalue weighted by molar-refractivity contribution is 5.82. The van der Waals surface area contributed by atoms with Crippen molar-refractivity contribution in [2.24, 2.45) is 5.73 Å². The smallest absolute Gasteiger partial charge is 0.221 e. The first-order valence-corrected chi connectivity index (χ1v) is 11.6. The van der Waals surface area contributed by atoms with Crippen molar-refractivity contribution in [3.05, 3.63) is 60.7 Å². The summed E-state index contributed by atoms with van der Waals surface area (Å²) in [7, 11) is 0. The lowest BCUT2D eigenvalue weighted by Gasteiger charge is -2.25. The number of fused-ring (bicyclic) bond motifs is 1. The van der Waals surface area contributed by atoms with Crippen LogP contribution in [0.2, 0.25) is 0 Å². The number of hydrogen-bond donors (Lipinski definition) is 3. The van der Waals surface area contributed by atoms with Gasteiger partial charge in [0.25, 0.3) is 0 Å². The highest BCUT2D eigenvalue weighted by Crippen LogP contribution is 2.24. The number of amides is 2. The molecule has 0 radical (unpaired) electrons. The van der Waals surface area contributed by atoms with Crippen LogP contribution in [-0.4, -0.2) is 49.5 Å². The Labute approximate surface area is 195 Å². The summed E-state index contributed by atoms with van der Waals surface area (Å²) in [5.41, 5.74) is 9.32. The van der Waals surface area contributed by atoms with Crippen LogP contribution in [0.5, 0.6) is 0 Å². The molecule has 33 heavy (non-hydrogen) atoms. The maximum Gasteiger partial charge on any atom is 0.221 e. The van der Waals surface area contributed by atoms with E-state index in [0.717, 1.165) is 34.3 Å². The number of nitrogens with two attached hydrogens (primary N) is 1. The van der Waals surface area contributed by atoms with Gasteiger partial charge >= 0.3 is 0 Å². The van der Waals surface area contributed by atoms with E-state index in [2.05, 4.69) is 21.6 Å². The van der Waals surface area contributed by atoms with Crippen molar-refractivity contribution >= 4 is 28.4 Å². The van der Waals surface area contributed by atoms with Crippen molar-refractivity contribution in [2.75, 3.05) is 37.6 Å². The van der Waals surface area contributed by atoms with Gasteiger partial charge in [-0.2, -0.15) is 0 Å². The number of carbonyl (C=O) groups is 2. The van der Waals surface area contributed by atoms with E-state index in [0.29, 0.717) is 45.6 Å². The van der Waals surface area contributed by atoms with E-state index in [1.165, 1.54) is 0 Å². The standard InChI is InChI=1S/C26H33N5O2/c1-2-16-28-25(32)13-18-31(19-14-26(33)29-17-15-27)22-10-7-21(8-11-22)24-12-9-20-5-3-4-6-23(20)30-24/h3-12H,2,13-19,27H2,1H3,(H,28,32)(H,29,33). The number of hydrogen-bond acceptors (Lipinski definition) is 5. The number of anilines is 1. The average molecular weight is 448 g/mol. The Balaban J connectivity index is 1.72. The van der Waals surface area contributed by atoms with E-state index in [1.54, 1.807) is 0 Å². The minimum Gasteiger partial charge on any atom is -0.370 e. The van der Waals surface area contributed by atoms with E-state index in [1.807, 2.05) is 61.5 Å². The van der Waals surface area contributed by atoms with Gasteiger partial charge in [-0.15, -0.1) is 0 Å². The zero-order valence-corrected chi connectivity index (χ0v) is 19.2. The van der Waals surface area contributed by atoms with Gasteiger partial charge in [0.15, 0.2) is 0 Å². The van der Waals surface area contributed by atoms with Crippen LogP contribution in [0.3, 0.4) is 0 Å². The third-order valence-electron chi connectivity index (χ3n) is 5.38. The molecule has 0 aliphatic heterocycles. The first-order chi connectivity index (χ1) is 16.1. The number of nitrogens with zero attached hydrogens (tertiary/aromatic N) is 2. The second-order valence-electron chi connectivity index (χ2n) is 7.91. The molecule has 0 atom stereocenters. The second-order valence-corrected chi connectivity index (χ2v) is 7.91. The summed E-state index contributed by atoms with van der Waals surface area (Å²) in [6.45, 7) is 4.63. The number of para-hydroxylation sites is 1. The lowest BCUT2D eigenvalue weighted by molar-refractivity contribution is -0.121. The molecule has 0 aliphatic carbocycles. The molecule has 0 saturated carbocycles. The van der Waals surface area contributed by atoms with E-state index >= 15 is 0 Å². The monoisotopic (exact) mass is 447 g/mol. The zero-order valence-electron chi connectivity index (χ0n) is 19.2. The fourth-order valence-electron chi connectivity index (χ4n) is 3.57. The van der Waals surface area contributed by atoms with Crippen molar-refractivity contribution in [1.29, 1.82) is 0 Å². The zero-order chi connectivity index (χ0) is 23.5. The summed E-state index contributed by atoms with van der Waals surface area (Å²) in [5.74, 6) is -0.0238. The maximum atomic E-state index is 12.1. The lowest BCUT2D eigenvalue weighted by atomic mass is 10.1. The largest absolute Gasteiger partial charge is 0.370 e. The van der Waals surface area contributed by atoms with Crippen LogP contribution in [0.4, 0.5) is 5.69 Å². The van der Waals surface area contributed by atoms with E-state index in [9.17, 15) is 9.59 Å². The summed E-state index contributed by atoms with van der Waals surface area (Å²) >= 11 is 0. The van der Waals surface area contributed by atoms with Gasteiger partial charge in [0, 0.05) is 62.2 Å². The highest BCUT2D eigenvalue weighted by atomic mass is 16.2. The van der Waals surface area contributed by atoms with Gasteiger partial charge in [-0.25, -0.2) is 4.98 Å². The normalized spacial score (nSPS) is 10.7. The predicted molar refractivity (Wildman–Crippen MR) is 134 cm³/mol. The van der Waals surface area contributed by atoms with Gasteiger partial charge in [0.2, 0.25) is 11.8 Å². The molecule has 0 spiro atoms. The molecule has 174 valence electrons. The number of rotatable bonds is 12.